The lowest BCUT2D eigenvalue weighted by atomic mass is 10.00. The second-order valence-corrected chi connectivity index (χ2v) is 6.18. The summed E-state index contributed by atoms with van der Waals surface area (Å²) in [5.74, 6) is 0.610. The predicted octanol–water partition coefficient (Wildman–Crippen LogP) is 4.18. The van der Waals surface area contributed by atoms with Crippen molar-refractivity contribution in [3.63, 3.8) is 0 Å². The first kappa shape index (κ1) is 17.1. The van der Waals surface area contributed by atoms with Crippen LogP contribution in [0.3, 0.4) is 0 Å². The third-order valence-corrected chi connectivity index (χ3v) is 4.13. The summed E-state index contributed by atoms with van der Waals surface area (Å²) in [4.78, 5) is 12.1. The van der Waals surface area contributed by atoms with Gasteiger partial charge in [-0.15, -0.1) is 0 Å². The smallest absolute Gasteiger partial charge is 0.258 e. The lowest BCUT2D eigenvalue weighted by Gasteiger charge is -2.17. The molecular weight excluding hydrogens is 286 g/mol. The van der Waals surface area contributed by atoms with Crippen LogP contribution in [0.5, 0.6) is 5.75 Å². The molecule has 3 heteroatoms. The summed E-state index contributed by atoms with van der Waals surface area (Å²) in [5.41, 5.74) is 5.89. The molecule has 2 rings (SSSR count). The van der Waals surface area contributed by atoms with Crippen LogP contribution in [0.25, 0.3) is 0 Å². The van der Waals surface area contributed by atoms with E-state index in [2.05, 4.69) is 44.3 Å². The van der Waals surface area contributed by atoms with E-state index >= 15 is 0 Å². The van der Waals surface area contributed by atoms with Crippen LogP contribution in [-0.2, 0) is 4.79 Å². The van der Waals surface area contributed by atoms with E-state index < -0.39 is 0 Å². The SMILES string of the molecule is Cc1ccc(C)c([C@@H](C)NC(=O)COc2ccc(C)c(C)c2)c1. The molecule has 0 aromatic heterocycles. The average Bonchev–Trinajstić information content (AvgIpc) is 2.50. The number of amides is 1. The van der Waals surface area contributed by atoms with Crippen molar-refractivity contribution in [1.82, 2.24) is 5.32 Å². The summed E-state index contributed by atoms with van der Waals surface area (Å²) < 4.78 is 5.58. The van der Waals surface area contributed by atoms with Gasteiger partial charge in [0.25, 0.3) is 5.91 Å². The molecule has 23 heavy (non-hydrogen) atoms. The highest BCUT2D eigenvalue weighted by Crippen LogP contribution is 2.19. The van der Waals surface area contributed by atoms with Gasteiger partial charge in [0.2, 0.25) is 0 Å². The van der Waals surface area contributed by atoms with Gasteiger partial charge in [0.15, 0.2) is 6.61 Å². The minimum atomic E-state index is -0.114. The molecular formula is C20H25NO2. The highest BCUT2D eigenvalue weighted by atomic mass is 16.5. The molecule has 0 aliphatic heterocycles. The summed E-state index contributed by atoms with van der Waals surface area (Å²) in [6.07, 6.45) is 0. The van der Waals surface area contributed by atoms with Gasteiger partial charge in [-0.2, -0.15) is 0 Å². The Morgan fingerprint density at radius 2 is 1.70 bits per heavy atom. The van der Waals surface area contributed by atoms with E-state index in [1.54, 1.807) is 0 Å². The molecule has 0 heterocycles. The molecule has 2 aromatic carbocycles. The first-order valence-electron chi connectivity index (χ1n) is 7.93. The summed E-state index contributed by atoms with van der Waals surface area (Å²) in [6.45, 7) is 10.2. The second-order valence-electron chi connectivity index (χ2n) is 6.18. The van der Waals surface area contributed by atoms with Gasteiger partial charge in [0.05, 0.1) is 6.04 Å². The molecule has 0 radical (unpaired) electrons. The first-order valence-corrected chi connectivity index (χ1v) is 7.93. The third kappa shape index (κ3) is 4.59. The minimum absolute atomic E-state index is 0.0255. The highest BCUT2D eigenvalue weighted by Gasteiger charge is 2.12. The standard InChI is InChI=1S/C20H25NO2/c1-13-6-7-15(3)19(10-13)17(5)21-20(22)12-23-18-9-8-14(2)16(4)11-18/h6-11,17H,12H2,1-5H3,(H,21,22)/t17-/m1/s1. The van der Waals surface area contributed by atoms with Crippen LogP contribution in [0, 0.1) is 27.7 Å². The molecule has 0 unspecified atom stereocenters. The number of aryl methyl sites for hydroxylation is 4. The molecule has 2 aromatic rings. The van der Waals surface area contributed by atoms with Gasteiger partial charge in [-0.1, -0.05) is 29.8 Å². The van der Waals surface area contributed by atoms with Gasteiger partial charge >= 0.3 is 0 Å². The Labute approximate surface area is 138 Å². The number of rotatable bonds is 5. The van der Waals surface area contributed by atoms with E-state index in [0.717, 1.165) is 16.9 Å². The normalized spacial score (nSPS) is 11.9. The van der Waals surface area contributed by atoms with Crippen LogP contribution in [0.15, 0.2) is 36.4 Å². The summed E-state index contributed by atoms with van der Waals surface area (Å²) in [7, 11) is 0. The van der Waals surface area contributed by atoms with Crippen LogP contribution >= 0.6 is 0 Å². The molecule has 3 nitrogen and oxygen atoms in total. The van der Waals surface area contributed by atoms with Gasteiger partial charge < -0.3 is 10.1 Å². The van der Waals surface area contributed by atoms with E-state index in [0.29, 0.717) is 0 Å². The Morgan fingerprint density at radius 1 is 1.00 bits per heavy atom. The number of carbonyl (C=O) groups is 1. The Balaban J connectivity index is 1.93. The molecule has 0 saturated carbocycles. The average molecular weight is 311 g/mol. The van der Waals surface area contributed by atoms with Crippen LogP contribution in [0.1, 0.15) is 40.8 Å². The van der Waals surface area contributed by atoms with E-state index in [9.17, 15) is 4.79 Å². The Kier molecular flexibility index (Phi) is 5.43. The molecule has 0 spiro atoms. The monoisotopic (exact) mass is 311 g/mol. The highest BCUT2D eigenvalue weighted by molar-refractivity contribution is 5.78. The fraction of sp³-hybridized carbons (Fsp3) is 0.350. The van der Waals surface area contributed by atoms with Crippen LogP contribution in [0.2, 0.25) is 0 Å². The zero-order chi connectivity index (χ0) is 17.0. The number of carbonyl (C=O) groups excluding carboxylic acids is 1. The van der Waals surface area contributed by atoms with Gasteiger partial charge in [0, 0.05) is 0 Å². The predicted molar refractivity (Wildman–Crippen MR) is 93.9 cm³/mol. The minimum Gasteiger partial charge on any atom is -0.484 e. The van der Waals surface area contributed by atoms with Crippen molar-refractivity contribution in [3.8, 4) is 5.75 Å². The molecule has 0 fully saturated rings. The molecule has 1 atom stereocenters. The summed E-state index contributed by atoms with van der Waals surface area (Å²) >= 11 is 0. The number of nitrogens with one attached hydrogen (secondary N) is 1. The largest absolute Gasteiger partial charge is 0.484 e. The Morgan fingerprint density at radius 3 is 2.39 bits per heavy atom. The molecule has 0 saturated heterocycles. The van der Waals surface area contributed by atoms with Crippen molar-refractivity contribution in [3.05, 3.63) is 64.2 Å². The third-order valence-electron chi connectivity index (χ3n) is 4.13. The maximum atomic E-state index is 12.1. The molecule has 1 N–H and O–H groups in total. The Bertz CT molecular complexity index is 707. The zero-order valence-electron chi connectivity index (χ0n) is 14.6. The molecule has 122 valence electrons. The van der Waals surface area contributed by atoms with E-state index in [1.807, 2.05) is 32.0 Å². The molecule has 0 aliphatic carbocycles. The van der Waals surface area contributed by atoms with Crippen molar-refractivity contribution in [2.24, 2.45) is 0 Å². The van der Waals surface area contributed by atoms with Gasteiger partial charge in [-0.05, 0) is 69.0 Å². The first-order chi connectivity index (χ1) is 10.9. The van der Waals surface area contributed by atoms with Crippen LogP contribution in [-0.4, -0.2) is 12.5 Å². The number of benzene rings is 2. The van der Waals surface area contributed by atoms with Crippen molar-refractivity contribution in [2.75, 3.05) is 6.61 Å². The van der Waals surface area contributed by atoms with Crippen molar-refractivity contribution >= 4 is 5.91 Å². The van der Waals surface area contributed by atoms with Crippen molar-refractivity contribution < 1.29 is 9.53 Å². The lowest BCUT2D eigenvalue weighted by molar-refractivity contribution is -0.123. The van der Waals surface area contributed by atoms with Crippen LogP contribution in [0.4, 0.5) is 0 Å². The molecule has 0 bridgehead atoms. The van der Waals surface area contributed by atoms with Gasteiger partial charge in [-0.25, -0.2) is 0 Å². The van der Waals surface area contributed by atoms with E-state index in [-0.39, 0.29) is 18.6 Å². The van der Waals surface area contributed by atoms with E-state index in [1.165, 1.54) is 16.7 Å². The zero-order valence-corrected chi connectivity index (χ0v) is 14.6. The van der Waals surface area contributed by atoms with E-state index in [4.69, 9.17) is 4.74 Å². The Hall–Kier alpha value is -2.29. The summed E-state index contributed by atoms with van der Waals surface area (Å²) in [6, 6.07) is 12.1. The van der Waals surface area contributed by atoms with Crippen molar-refractivity contribution in [2.45, 2.75) is 40.7 Å². The fourth-order valence-electron chi connectivity index (χ4n) is 2.54. The molecule has 1 amide bonds. The van der Waals surface area contributed by atoms with Crippen molar-refractivity contribution in [1.29, 1.82) is 0 Å². The fourth-order valence-corrected chi connectivity index (χ4v) is 2.54. The number of hydrogen-bond acceptors (Lipinski definition) is 2. The van der Waals surface area contributed by atoms with Crippen LogP contribution < -0.4 is 10.1 Å². The number of ether oxygens (including phenoxy) is 1. The topological polar surface area (TPSA) is 38.3 Å². The molecule has 0 aliphatic rings. The van der Waals surface area contributed by atoms with Gasteiger partial charge in [-0.3, -0.25) is 4.79 Å². The summed E-state index contributed by atoms with van der Waals surface area (Å²) in [5, 5.41) is 3.00. The lowest BCUT2D eigenvalue weighted by Crippen LogP contribution is -2.31. The maximum Gasteiger partial charge on any atom is 0.258 e. The number of hydrogen-bond donors (Lipinski definition) is 1. The second kappa shape index (κ2) is 7.32. The maximum absolute atomic E-state index is 12.1. The van der Waals surface area contributed by atoms with Gasteiger partial charge in [0.1, 0.15) is 5.75 Å². The quantitative estimate of drug-likeness (QED) is 0.899.